The molecule has 1 aromatic carbocycles. The number of carbonyl (C=O) groups is 1. The molecule has 0 saturated carbocycles. The van der Waals surface area contributed by atoms with E-state index >= 15 is 0 Å². The Kier molecular flexibility index (Phi) is 4.59. The first kappa shape index (κ1) is 12.6. The molecule has 1 rings (SSSR count). The van der Waals surface area contributed by atoms with Crippen LogP contribution >= 0.6 is 0 Å². The van der Waals surface area contributed by atoms with Gasteiger partial charge >= 0.3 is 5.97 Å². The molecule has 0 spiro atoms. The highest BCUT2D eigenvalue weighted by molar-refractivity contribution is 5.72. The quantitative estimate of drug-likeness (QED) is 0.617. The van der Waals surface area contributed by atoms with Crippen LogP contribution in [0.25, 0.3) is 0 Å². The maximum atomic E-state index is 11.0. The van der Waals surface area contributed by atoms with Crippen LogP contribution < -0.4 is 0 Å². The van der Waals surface area contributed by atoms with E-state index < -0.39 is 0 Å². The lowest BCUT2D eigenvalue weighted by atomic mass is 10.1. The minimum absolute atomic E-state index is 0.00854. The van der Waals surface area contributed by atoms with E-state index in [0.717, 1.165) is 0 Å². The van der Waals surface area contributed by atoms with Crippen molar-refractivity contribution >= 4 is 5.97 Å². The third kappa shape index (κ3) is 3.89. The predicted molar refractivity (Wildman–Crippen MR) is 60.9 cm³/mol. The van der Waals surface area contributed by atoms with Gasteiger partial charge in [-0.3, -0.25) is 4.79 Å². The minimum Gasteiger partial charge on any atom is -0.507 e. The molecule has 0 saturated heterocycles. The van der Waals surface area contributed by atoms with E-state index in [1.165, 1.54) is 12.1 Å². The SMILES string of the molecule is CCOC(=O)CC#Cc1ccc(C#N)c(O)c1. The Hall–Kier alpha value is -2.46. The summed E-state index contributed by atoms with van der Waals surface area (Å²) in [5.41, 5.74) is 0.742. The van der Waals surface area contributed by atoms with Gasteiger partial charge in [0, 0.05) is 5.56 Å². The second-order valence-electron chi connectivity index (χ2n) is 3.13. The number of esters is 1. The van der Waals surface area contributed by atoms with E-state index in [1.807, 2.05) is 6.07 Å². The first-order valence-corrected chi connectivity index (χ1v) is 5.05. The fourth-order valence-electron chi connectivity index (χ4n) is 1.13. The molecule has 0 heterocycles. The molecule has 0 aliphatic rings. The number of aromatic hydroxyl groups is 1. The fourth-order valence-corrected chi connectivity index (χ4v) is 1.13. The van der Waals surface area contributed by atoms with E-state index in [4.69, 9.17) is 10.00 Å². The zero-order chi connectivity index (χ0) is 12.7. The van der Waals surface area contributed by atoms with Crippen LogP contribution in [0.3, 0.4) is 0 Å². The summed E-state index contributed by atoms with van der Waals surface area (Å²) in [4.78, 5) is 11.0. The largest absolute Gasteiger partial charge is 0.507 e. The number of hydrogen-bond donors (Lipinski definition) is 1. The number of nitriles is 1. The number of nitrogens with zero attached hydrogens (tertiary/aromatic N) is 1. The highest BCUT2D eigenvalue weighted by Crippen LogP contribution is 2.16. The Balaban J connectivity index is 2.70. The van der Waals surface area contributed by atoms with Gasteiger partial charge in [0.15, 0.2) is 0 Å². The van der Waals surface area contributed by atoms with Gasteiger partial charge in [-0.2, -0.15) is 5.26 Å². The molecule has 0 bridgehead atoms. The zero-order valence-electron chi connectivity index (χ0n) is 9.36. The van der Waals surface area contributed by atoms with Crippen LogP contribution in [-0.4, -0.2) is 17.7 Å². The molecule has 0 radical (unpaired) electrons. The number of rotatable bonds is 2. The molecule has 1 N–H and O–H groups in total. The number of hydrogen-bond acceptors (Lipinski definition) is 4. The summed E-state index contributed by atoms with van der Waals surface area (Å²) in [5, 5.41) is 18.0. The van der Waals surface area contributed by atoms with E-state index in [9.17, 15) is 9.90 Å². The lowest BCUT2D eigenvalue weighted by Gasteiger charge is -1.96. The first-order chi connectivity index (χ1) is 8.17. The van der Waals surface area contributed by atoms with Crippen LogP contribution in [-0.2, 0) is 9.53 Å². The molecular formula is C13H11NO3. The molecule has 0 fully saturated rings. The topological polar surface area (TPSA) is 70.3 Å². The summed E-state index contributed by atoms with van der Waals surface area (Å²) in [5.74, 6) is 4.85. The normalized spacial score (nSPS) is 8.71. The van der Waals surface area contributed by atoms with Crippen LogP contribution in [0.5, 0.6) is 5.75 Å². The Bertz CT molecular complexity index is 518. The van der Waals surface area contributed by atoms with Crippen molar-refractivity contribution in [1.82, 2.24) is 0 Å². The third-order valence-corrected chi connectivity index (χ3v) is 1.89. The molecule has 4 nitrogen and oxygen atoms in total. The number of phenols is 1. The van der Waals surface area contributed by atoms with Gasteiger partial charge in [0.25, 0.3) is 0 Å². The molecule has 17 heavy (non-hydrogen) atoms. The average molecular weight is 229 g/mol. The first-order valence-electron chi connectivity index (χ1n) is 5.05. The Morgan fingerprint density at radius 3 is 2.88 bits per heavy atom. The molecule has 0 amide bonds. The lowest BCUT2D eigenvalue weighted by molar-refractivity contribution is -0.141. The summed E-state index contributed by atoms with van der Waals surface area (Å²) >= 11 is 0. The van der Waals surface area contributed by atoms with Crippen LogP contribution in [0.4, 0.5) is 0 Å². The van der Waals surface area contributed by atoms with Crippen molar-refractivity contribution in [2.45, 2.75) is 13.3 Å². The molecule has 0 aliphatic carbocycles. The molecule has 0 aliphatic heterocycles. The summed E-state index contributed by atoms with van der Waals surface area (Å²) < 4.78 is 4.71. The Morgan fingerprint density at radius 1 is 1.53 bits per heavy atom. The summed E-state index contributed by atoms with van der Waals surface area (Å²) in [7, 11) is 0. The molecule has 0 unspecified atom stereocenters. The van der Waals surface area contributed by atoms with Crippen LogP contribution in [0.1, 0.15) is 24.5 Å². The maximum Gasteiger partial charge on any atom is 0.317 e. The van der Waals surface area contributed by atoms with E-state index in [0.29, 0.717) is 12.2 Å². The zero-order valence-corrected chi connectivity index (χ0v) is 9.36. The maximum absolute atomic E-state index is 11.0. The molecule has 0 atom stereocenters. The highest BCUT2D eigenvalue weighted by atomic mass is 16.5. The highest BCUT2D eigenvalue weighted by Gasteiger charge is 2.00. The van der Waals surface area contributed by atoms with Crippen molar-refractivity contribution in [1.29, 1.82) is 5.26 Å². The smallest absolute Gasteiger partial charge is 0.317 e. The van der Waals surface area contributed by atoms with Gasteiger partial charge in [-0.1, -0.05) is 11.8 Å². The van der Waals surface area contributed by atoms with Crippen LogP contribution in [0.2, 0.25) is 0 Å². The summed E-state index contributed by atoms with van der Waals surface area (Å²) in [6, 6.07) is 6.31. The summed E-state index contributed by atoms with van der Waals surface area (Å²) in [6.07, 6.45) is 0.00854. The molecular weight excluding hydrogens is 218 g/mol. The molecule has 1 aromatic rings. The molecule has 0 aromatic heterocycles. The van der Waals surface area contributed by atoms with Crippen molar-refractivity contribution in [2.24, 2.45) is 0 Å². The van der Waals surface area contributed by atoms with Crippen molar-refractivity contribution in [3.05, 3.63) is 29.3 Å². The number of carbonyl (C=O) groups excluding carboxylic acids is 1. The minimum atomic E-state index is -0.377. The average Bonchev–Trinajstić information content (AvgIpc) is 2.29. The van der Waals surface area contributed by atoms with Gasteiger partial charge in [0.2, 0.25) is 0 Å². The van der Waals surface area contributed by atoms with Crippen molar-refractivity contribution < 1.29 is 14.6 Å². The van der Waals surface area contributed by atoms with Gasteiger partial charge in [0.05, 0.1) is 12.2 Å². The fraction of sp³-hybridized carbons (Fsp3) is 0.231. The molecule has 4 heteroatoms. The van der Waals surface area contributed by atoms with Crippen LogP contribution in [0.15, 0.2) is 18.2 Å². The van der Waals surface area contributed by atoms with E-state index in [2.05, 4.69) is 11.8 Å². The second-order valence-corrected chi connectivity index (χ2v) is 3.13. The van der Waals surface area contributed by atoms with E-state index in [-0.39, 0.29) is 23.7 Å². The number of benzene rings is 1. The van der Waals surface area contributed by atoms with Crippen molar-refractivity contribution in [3.63, 3.8) is 0 Å². The van der Waals surface area contributed by atoms with Crippen LogP contribution in [0, 0.1) is 23.2 Å². The Morgan fingerprint density at radius 2 is 2.29 bits per heavy atom. The van der Waals surface area contributed by atoms with Crippen molar-refractivity contribution in [2.75, 3.05) is 6.61 Å². The van der Waals surface area contributed by atoms with Gasteiger partial charge in [-0.05, 0) is 25.1 Å². The number of phenolic OH excluding ortho intramolecular Hbond substituents is 1. The third-order valence-electron chi connectivity index (χ3n) is 1.89. The Labute approximate surface area is 99.4 Å². The molecule has 86 valence electrons. The predicted octanol–water partition coefficient (Wildman–Crippen LogP) is 1.57. The monoisotopic (exact) mass is 229 g/mol. The standard InChI is InChI=1S/C13H11NO3/c1-2-17-13(16)5-3-4-10-6-7-11(9-14)12(15)8-10/h6-8,15H,2,5H2,1H3. The van der Waals surface area contributed by atoms with Crippen molar-refractivity contribution in [3.8, 4) is 23.7 Å². The van der Waals surface area contributed by atoms with Gasteiger partial charge < -0.3 is 9.84 Å². The lowest BCUT2D eigenvalue weighted by Crippen LogP contribution is -2.01. The van der Waals surface area contributed by atoms with Gasteiger partial charge in [-0.15, -0.1) is 0 Å². The number of ether oxygens (including phenoxy) is 1. The van der Waals surface area contributed by atoms with Gasteiger partial charge in [-0.25, -0.2) is 0 Å². The summed E-state index contributed by atoms with van der Waals surface area (Å²) in [6.45, 7) is 2.06. The van der Waals surface area contributed by atoms with Gasteiger partial charge in [0.1, 0.15) is 18.2 Å². The van der Waals surface area contributed by atoms with E-state index in [1.54, 1.807) is 13.0 Å². The second kappa shape index (κ2) is 6.19.